The van der Waals surface area contributed by atoms with Crippen molar-refractivity contribution in [3.05, 3.63) is 133 Å². The van der Waals surface area contributed by atoms with Crippen molar-refractivity contribution >= 4 is 35.2 Å². The van der Waals surface area contributed by atoms with Gasteiger partial charge < -0.3 is 9.64 Å². The molecule has 4 rings (SSSR count). The van der Waals surface area contributed by atoms with E-state index in [0.29, 0.717) is 5.75 Å². The average molecular weight is 418 g/mol. The topological polar surface area (TPSA) is 29.5 Å². The molecule has 3 heteroatoms. The second-order valence-electron chi connectivity index (χ2n) is 7.09. The number of ether oxygens (including phenoxy) is 1. The van der Waals surface area contributed by atoms with Gasteiger partial charge >= 0.3 is 5.97 Å². The van der Waals surface area contributed by atoms with Gasteiger partial charge in [-0.15, -0.1) is 0 Å². The molecule has 0 heterocycles. The second-order valence-corrected chi connectivity index (χ2v) is 7.09. The van der Waals surface area contributed by atoms with E-state index in [9.17, 15) is 4.79 Å². The number of carbonyl (C=O) groups excluding carboxylic acids is 1. The summed E-state index contributed by atoms with van der Waals surface area (Å²) in [5, 5.41) is 0. The molecule has 0 aliphatic heterocycles. The van der Waals surface area contributed by atoms with Crippen molar-refractivity contribution in [2.24, 2.45) is 0 Å². The van der Waals surface area contributed by atoms with Gasteiger partial charge in [-0.25, -0.2) is 4.79 Å². The Morgan fingerprint density at radius 2 is 1.19 bits per heavy atom. The summed E-state index contributed by atoms with van der Waals surface area (Å²) in [6, 6.07) is 36.4. The molecule has 4 aromatic rings. The summed E-state index contributed by atoms with van der Waals surface area (Å²) in [6.45, 7) is 3.45. The van der Waals surface area contributed by atoms with Crippen LogP contribution in [-0.2, 0) is 4.79 Å². The normalized spacial score (nSPS) is 10.6. The zero-order chi connectivity index (χ0) is 22.2. The fourth-order valence-electron chi connectivity index (χ4n) is 3.38. The van der Waals surface area contributed by atoms with Crippen molar-refractivity contribution in [2.45, 2.75) is 0 Å². The van der Waals surface area contributed by atoms with Crippen LogP contribution in [0, 0.1) is 0 Å². The van der Waals surface area contributed by atoms with Gasteiger partial charge in [0.25, 0.3) is 0 Å². The first kappa shape index (κ1) is 20.9. The SMILES string of the molecule is C=CC(=O)Oc1ccccc1C=Cc1ccc(N(c2ccccc2)c2ccccc2)cc1. The van der Waals surface area contributed by atoms with Gasteiger partial charge in [0.15, 0.2) is 0 Å². The average Bonchev–Trinajstić information content (AvgIpc) is 2.86. The molecular formula is C29H23NO2. The van der Waals surface area contributed by atoms with Gasteiger partial charge in [0.1, 0.15) is 5.75 Å². The van der Waals surface area contributed by atoms with E-state index in [1.807, 2.05) is 66.7 Å². The molecule has 0 N–H and O–H groups in total. The number of rotatable bonds is 7. The fraction of sp³-hybridized carbons (Fsp3) is 0. The molecule has 32 heavy (non-hydrogen) atoms. The van der Waals surface area contributed by atoms with Gasteiger partial charge in [-0.05, 0) is 48.0 Å². The van der Waals surface area contributed by atoms with E-state index in [1.165, 1.54) is 0 Å². The van der Waals surface area contributed by atoms with Crippen LogP contribution >= 0.6 is 0 Å². The zero-order valence-electron chi connectivity index (χ0n) is 17.6. The van der Waals surface area contributed by atoms with Crippen LogP contribution in [0.25, 0.3) is 12.2 Å². The highest BCUT2D eigenvalue weighted by molar-refractivity contribution is 5.85. The van der Waals surface area contributed by atoms with E-state index in [0.717, 1.165) is 34.3 Å². The first-order valence-corrected chi connectivity index (χ1v) is 10.4. The van der Waals surface area contributed by atoms with Crippen LogP contribution in [0.2, 0.25) is 0 Å². The largest absolute Gasteiger partial charge is 0.423 e. The van der Waals surface area contributed by atoms with Crippen molar-refractivity contribution in [1.29, 1.82) is 0 Å². The van der Waals surface area contributed by atoms with Crippen LogP contribution in [0.5, 0.6) is 5.75 Å². The molecule has 156 valence electrons. The number of anilines is 3. The van der Waals surface area contributed by atoms with Crippen LogP contribution in [0.4, 0.5) is 17.1 Å². The molecule has 0 bridgehead atoms. The van der Waals surface area contributed by atoms with E-state index < -0.39 is 5.97 Å². The number of para-hydroxylation sites is 3. The Morgan fingerprint density at radius 1 is 0.656 bits per heavy atom. The molecule has 0 aliphatic rings. The number of carbonyl (C=O) groups is 1. The van der Waals surface area contributed by atoms with Crippen molar-refractivity contribution in [3.8, 4) is 5.75 Å². The van der Waals surface area contributed by atoms with Crippen LogP contribution in [0.15, 0.2) is 122 Å². The summed E-state index contributed by atoms with van der Waals surface area (Å²) in [5.41, 5.74) is 5.13. The lowest BCUT2D eigenvalue weighted by Gasteiger charge is -2.25. The highest BCUT2D eigenvalue weighted by Gasteiger charge is 2.11. The van der Waals surface area contributed by atoms with E-state index >= 15 is 0 Å². The third-order valence-corrected chi connectivity index (χ3v) is 4.93. The molecule has 0 spiro atoms. The van der Waals surface area contributed by atoms with E-state index in [4.69, 9.17) is 4.74 Å². The van der Waals surface area contributed by atoms with Crippen molar-refractivity contribution in [3.63, 3.8) is 0 Å². The van der Waals surface area contributed by atoms with E-state index in [-0.39, 0.29) is 0 Å². The molecule has 0 atom stereocenters. The van der Waals surface area contributed by atoms with Crippen LogP contribution in [0.1, 0.15) is 11.1 Å². The van der Waals surface area contributed by atoms with Gasteiger partial charge in [0, 0.05) is 28.7 Å². The predicted molar refractivity (Wildman–Crippen MR) is 132 cm³/mol. The highest BCUT2D eigenvalue weighted by atomic mass is 16.5. The first-order chi connectivity index (χ1) is 15.7. The molecule has 0 aliphatic carbocycles. The number of esters is 1. The molecule has 0 fully saturated rings. The third-order valence-electron chi connectivity index (χ3n) is 4.93. The smallest absolute Gasteiger partial charge is 0.335 e. The lowest BCUT2D eigenvalue weighted by atomic mass is 10.1. The summed E-state index contributed by atoms with van der Waals surface area (Å²) in [5.74, 6) is 0.0294. The van der Waals surface area contributed by atoms with Crippen LogP contribution in [-0.4, -0.2) is 5.97 Å². The Balaban J connectivity index is 1.60. The number of hydrogen-bond donors (Lipinski definition) is 0. The van der Waals surface area contributed by atoms with Gasteiger partial charge in [0.2, 0.25) is 0 Å². The monoisotopic (exact) mass is 417 g/mol. The van der Waals surface area contributed by atoms with Gasteiger partial charge in [-0.3, -0.25) is 0 Å². The maximum atomic E-state index is 11.6. The van der Waals surface area contributed by atoms with Gasteiger partial charge in [-0.2, -0.15) is 0 Å². The Labute approximate surface area is 188 Å². The van der Waals surface area contributed by atoms with Crippen LogP contribution < -0.4 is 9.64 Å². The highest BCUT2D eigenvalue weighted by Crippen LogP contribution is 2.34. The minimum absolute atomic E-state index is 0.475. The molecule has 0 saturated carbocycles. The first-order valence-electron chi connectivity index (χ1n) is 10.4. The maximum Gasteiger partial charge on any atom is 0.335 e. The molecule has 0 aromatic heterocycles. The van der Waals surface area contributed by atoms with Gasteiger partial charge in [-0.1, -0.05) is 85.5 Å². The molecule has 3 nitrogen and oxygen atoms in total. The number of hydrogen-bond acceptors (Lipinski definition) is 3. The second kappa shape index (κ2) is 10.1. The maximum absolute atomic E-state index is 11.6. The van der Waals surface area contributed by atoms with Crippen molar-refractivity contribution in [1.82, 2.24) is 0 Å². The quantitative estimate of drug-likeness (QED) is 0.136. The summed E-state index contributed by atoms with van der Waals surface area (Å²) in [6.07, 6.45) is 5.09. The molecule has 0 saturated heterocycles. The Bertz CT molecular complexity index is 1170. The summed E-state index contributed by atoms with van der Waals surface area (Å²) in [4.78, 5) is 13.8. The summed E-state index contributed by atoms with van der Waals surface area (Å²) >= 11 is 0. The van der Waals surface area contributed by atoms with E-state index in [1.54, 1.807) is 6.07 Å². The standard InChI is InChI=1S/C29H23NO2/c1-2-29(31)32-28-16-10-9-11-24(28)20-17-23-18-21-27(22-19-23)30(25-12-5-3-6-13-25)26-14-7-4-8-15-26/h2-22H,1H2. The Morgan fingerprint density at radius 3 is 1.78 bits per heavy atom. The summed E-state index contributed by atoms with van der Waals surface area (Å²) < 4.78 is 5.32. The molecule has 0 unspecified atom stereocenters. The molecule has 0 amide bonds. The lowest BCUT2D eigenvalue weighted by molar-refractivity contribution is -0.128. The fourth-order valence-corrected chi connectivity index (χ4v) is 3.38. The summed E-state index contributed by atoms with van der Waals surface area (Å²) in [7, 11) is 0. The van der Waals surface area contributed by atoms with Crippen molar-refractivity contribution < 1.29 is 9.53 Å². The molecule has 4 aromatic carbocycles. The van der Waals surface area contributed by atoms with Crippen LogP contribution in [0.3, 0.4) is 0 Å². The van der Waals surface area contributed by atoms with Gasteiger partial charge in [0.05, 0.1) is 0 Å². The third kappa shape index (κ3) is 5.02. The minimum atomic E-state index is -0.475. The number of nitrogens with zero attached hydrogens (tertiary/aromatic N) is 1. The molecular weight excluding hydrogens is 394 g/mol. The zero-order valence-corrected chi connectivity index (χ0v) is 17.6. The molecule has 0 radical (unpaired) electrons. The van der Waals surface area contributed by atoms with Crippen molar-refractivity contribution in [2.75, 3.05) is 4.90 Å². The lowest BCUT2D eigenvalue weighted by Crippen LogP contribution is -2.09. The van der Waals surface area contributed by atoms with E-state index in [2.05, 4.69) is 60.0 Å². The Hall–Kier alpha value is -4.37. The minimum Gasteiger partial charge on any atom is -0.423 e. The predicted octanol–water partition coefficient (Wildman–Crippen LogP) is 7.42. The Kier molecular flexibility index (Phi) is 6.59. The number of benzene rings is 4.